The van der Waals surface area contributed by atoms with Crippen LogP contribution in [-0.2, 0) is 16.6 Å². The maximum absolute atomic E-state index is 12.8. The van der Waals surface area contributed by atoms with Crippen molar-refractivity contribution >= 4 is 27.2 Å². The summed E-state index contributed by atoms with van der Waals surface area (Å²) < 4.78 is 28.2. The van der Waals surface area contributed by atoms with Crippen molar-refractivity contribution in [1.82, 2.24) is 14.7 Å². The number of hydrogen-bond donors (Lipinski definition) is 4. The molecule has 0 bridgehead atoms. The zero-order valence-electron chi connectivity index (χ0n) is 17.9. The number of aryl methyl sites for hydroxylation is 1. The molecule has 1 aromatic heterocycles. The number of phenolic OH excluding ortho intramolecular Hbond substituents is 1. The van der Waals surface area contributed by atoms with E-state index >= 15 is 0 Å². The van der Waals surface area contributed by atoms with Crippen molar-refractivity contribution in [1.29, 1.82) is 0 Å². The molecule has 0 aliphatic carbocycles. The monoisotopic (exact) mass is 461 g/mol. The Hall–Kier alpha value is -3.95. The number of phenols is 1. The quantitative estimate of drug-likeness (QED) is 0.242. The molecule has 0 spiro atoms. The minimum absolute atomic E-state index is 0.0198. The molecule has 0 unspecified atom stereocenters. The lowest BCUT2D eigenvalue weighted by molar-refractivity contribution is 0.475. The predicted molar refractivity (Wildman–Crippen MR) is 128 cm³/mol. The Morgan fingerprint density at radius 1 is 0.909 bits per heavy atom. The van der Waals surface area contributed by atoms with Gasteiger partial charge < -0.3 is 16.2 Å². The van der Waals surface area contributed by atoms with Crippen LogP contribution in [0, 0.1) is 6.92 Å². The Bertz CT molecular complexity index is 1360. The van der Waals surface area contributed by atoms with Crippen LogP contribution in [-0.4, -0.2) is 23.5 Å². The topological polar surface area (TPSA) is 130 Å². The van der Waals surface area contributed by atoms with E-state index in [0.29, 0.717) is 34.3 Å². The van der Waals surface area contributed by atoms with Crippen molar-refractivity contribution in [2.75, 3.05) is 11.1 Å². The van der Waals surface area contributed by atoms with Crippen LogP contribution in [0.5, 0.6) is 5.75 Å². The van der Waals surface area contributed by atoms with Gasteiger partial charge in [-0.1, -0.05) is 30.3 Å². The lowest BCUT2D eigenvalue weighted by atomic mass is 10.1. The Morgan fingerprint density at radius 2 is 1.58 bits per heavy atom. The first-order chi connectivity index (χ1) is 15.8. The molecule has 0 amide bonds. The molecule has 0 aliphatic rings. The van der Waals surface area contributed by atoms with E-state index in [1.807, 2.05) is 37.3 Å². The molecule has 0 fully saturated rings. The molecule has 8 nitrogen and oxygen atoms in total. The van der Waals surface area contributed by atoms with E-state index in [2.05, 4.69) is 20.0 Å². The molecule has 33 heavy (non-hydrogen) atoms. The van der Waals surface area contributed by atoms with Crippen molar-refractivity contribution in [2.24, 2.45) is 0 Å². The number of benzene rings is 3. The molecule has 0 saturated heterocycles. The molecule has 0 aliphatic heterocycles. The molecule has 0 radical (unpaired) electrons. The zero-order chi connectivity index (χ0) is 23.4. The smallest absolute Gasteiger partial charge is 0.240 e. The zero-order valence-corrected chi connectivity index (χ0v) is 18.7. The minimum Gasteiger partial charge on any atom is -0.508 e. The van der Waals surface area contributed by atoms with Crippen LogP contribution in [0.15, 0.2) is 83.8 Å². The van der Waals surface area contributed by atoms with Gasteiger partial charge in [0, 0.05) is 34.7 Å². The van der Waals surface area contributed by atoms with Gasteiger partial charge in [-0.3, -0.25) is 0 Å². The molecule has 1 heterocycles. The summed E-state index contributed by atoms with van der Waals surface area (Å²) in [7, 11) is -3.77. The highest BCUT2D eigenvalue weighted by molar-refractivity contribution is 7.89. The molecule has 4 aromatic rings. The number of nitrogens with two attached hydrogens (primary N) is 1. The number of aromatic hydroxyl groups is 1. The van der Waals surface area contributed by atoms with Gasteiger partial charge in [-0.05, 0) is 55.5 Å². The molecule has 4 rings (SSSR count). The van der Waals surface area contributed by atoms with Gasteiger partial charge in [0.25, 0.3) is 0 Å². The largest absolute Gasteiger partial charge is 0.508 e. The Balaban J connectivity index is 1.69. The SMILES string of the molecule is Cc1nc(-c2ccccc2)nc(Nc2ccc(O)cc2)c1CNS(=O)(=O)c1ccc(N)cc1. The summed E-state index contributed by atoms with van der Waals surface area (Å²) in [6.07, 6.45) is 0. The van der Waals surface area contributed by atoms with E-state index in [1.54, 1.807) is 24.3 Å². The van der Waals surface area contributed by atoms with Crippen LogP contribution in [0.25, 0.3) is 11.4 Å². The third kappa shape index (κ3) is 5.28. The fraction of sp³-hybridized carbons (Fsp3) is 0.0833. The van der Waals surface area contributed by atoms with Crippen LogP contribution in [0.1, 0.15) is 11.3 Å². The van der Waals surface area contributed by atoms with Crippen molar-refractivity contribution in [3.63, 3.8) is 0 Å². The van der Waals surface area contributed by atoms with Crippen LogP contribution < -0.4 is 15.8 Å². The lowest BCUT2D eigenvalue weighted by Gasteiger charge is -2.16. The summed E-state index contributed by atoms with van der Waals surface area (Å²) in [5.74, 6) is 1.12. The number of nitrogens with one attached hydrogen (secondary N) is 2. The summed E-state index contributed by atoms with van der Waals surface area (Å²) >= 11 is 0. The third-order valence-corrected chi connectivity index (χ3v) is 6.42. The number of nitrogen functional groups attached to an aromatic ring is 1. The van der Waals surface area contributed by atoms with Gasteiger partial charge in [-0.15, -0.1) is 0 Å². The van der Waals surface area contributed by atoms with Crippen molar-refractivity contribution in [2.45, 2.75) is 18.4 Å². The highest BCUT2D eigenvalue weighted by Crippen LogP contribution is 2.26. The number of anilines is 3. The Morgan fingerprint density at radius 3 is 2.24 bits per heavy atom. The average molecular weight is 462 g/mol. The molecular weight excluding hydrogens is 438 g/mol. The second-order valence-corrected chi connectivity index (χ2v) is 9.16. The predicted octanol–water partition coefficient (Wildman–Crippen LogP) is 3.96. The third-order valence-electron chi connectivity index (χ3n) is 5.01. The van der Waals surface area contributed by atoms with Gasteiger partial charge in [0.2, 0.25) is 10.0 Å². The van der Waals surface area contributed by atoms with E-state index in [0.717, 1.165) is 5.56 Å². The Labute approximate surface area is 192 Å². The van der Waals surface area contributed by atoms with E-state index in [4.69, 9.17) is 5.73 Å². The first-order valence-electron chi connectivity index (χ1n) is 10.2. The van der Waals surface area contributed by atoms with Gasteiger partial charge in [0.15, 0.2) is 5.82 Å². The van der Waals surface area contributed by atoms with Gasteiger partial charge in [-0.25, -0.2) is 23.1 Å². The number of aromatic nitrogens is 2. The molecular formula is C24H23N5O3S. The highest BCUT2D eigenvalue weighted by atomic mass is 32.2. The summed E-state index contributed by atoms with van der Waals surface area (Å²) in [6, 6.07) is 22.0. The normalized spacial score (nSPS) is 11.3. The maximum Gasteiger partial charge on any atom is 0.240 e. The number of sulfonamides is 1. The standard InChI is InChI=1S/C24H23N5O3S/c1-16-22(15-26-33(31,32)21-13-7-18(25)8-14-21)24(28-19-9-11-20(30)12-10-19)29-23(27-16)17-5-3-2-4-6-17/h2-14,26,30H,15,25H2,1H3,(H,27,28,29). The molecule has 0 atom stereocenters. The number of hydrogen-bond acceptors (Lipinski definition) is 7. The minimum atomic E-state index is -3.77. The summed E-state index contributed by atoms with van der Waals surface area (Å²) in [4.78, 5) is 9.39. The van der Waals surface area contributed by atoms with Crippen LogP contribution in [0.3, 0.4) is 0 Å². The number of rotatable bonds is 7. The van der Waals surface area contributed by atoms with E-state index in [-0.39, 0.29) is 17.2 Å². The van der Waals surface area contributed by atoms with E-state index < -0.39 is 10.0 Å². The van der Waals surface area contributed by atoms with Crippen molar-refractivity contribution < 1.29 is 13.5 Å². The molecule has 5 N–H and O–H groups in total. The van der Waals surface area contributed by atoms with E-state index in [9.17, 15) is 13.5 Å². The first kappa shape index (κ1) is 22.3. The fourth-order valence-electron chi connectivity index (χ4n) is 3.21. The Kier molecular flexibility index (Phi) is 6.25. The average Bonchev–Trinajstić information content (AvgIpc) is 2.81. The second-order valence-electron chi connectivity index (χ2n) is 7.39. The summed E-state index contributed by atoms with van der Waals surface area (Å²) in [5.41, 5.74) is 8.90. The van der Waals surface area contributed by atoms with Crippen molar-refractivity contribution in [3.8, 4) is 17.1 Å². The molecule has 3 aromatic carbocycles. The highest BCUT2D eigenvalue weighted by Gasteiger charge is 2.18. The van der Waals surface area contributed by atoms with Crippen LogP contribution in [0.4, 0.5) is 17.2 Å². The molecule has 168 valence electrons. The maximum atomic E-state index is 12.8. The lowest BCUT2D eigenvalue weighted by Crippen LogP contribution is -2.24. The number of nitrogens with zero attached hydrogens (tertiary/aromatic N) is 2. The van der Waals surface area contributed by atoms with E-state index in [1.165, 1.54) is 24.3 Å². The summed E-state index contributed by atoms with van der Waals surface area (Å²) in [6.45, 7) is 1.79. The molecule has 9 heteroatoms. The van der Waals surface area contributed by atoms with Crippen LogP contribution in [0.2, 0.25) is 0 Å². The van der Waals surface area contributed by atoms with Crippen molar-refractivity contribution in [3.05, 3.63) is 90.1 Å². The second kappa shape index (κ2) is 9.27. The fourth-order valence-corrected chi connectivity index (χ4v) is 4.20. The van der Waals surface area contributed by atoms with Gasteiger partial charge in [0.1, 0.15) is 11.6 Å². The van der Waals surface area contributed by atoms with Gasteiger partial charge >= 0.3 is 0 Å². The van der Waals surface area contributed by atoms with Crippen LogP contribution >= 0.6 is 0 Å². The van der Waals surface area contributed by atoms with Gasteiger partial charge in [0.05, 0.1) is 4.90 Å². The summed E-state index contributed by atoms with van der Waals surface area (Å²) in [5, 5.41) is 12.8. The molecule has 0 saturated carbocycles. The first-order valence-corrected chi connectivity index (χ1v) is 11.6. The van der Waals surface area contributed by atoms with Gasteiger partial charge in [-0.2, -0.15) is 0 Å².